The summed E-state index contributed by atoms with van der Waals surface area (Å²) in [6.07, 6.45) is 8.82. The Morgan fingerprint density at radius 2 is 2.19 bits per heavy atom. The first-order valence-electron chi connectivity index (χ1n) is 6.56. The van der Waals surface area contributed by atoms with Gasteiger partial charge in [-0.1, -0.05) is 37.7 Å². The summed E-state index contributed by atoms with van der Waals surface area (Å²) in [5.74, 6) is 0.492. The minimum atomic E-state index is 0.0989. The highest BCUT2D eigenvalue weighted by Gasteiger charge is 2.44. The lowest BCUT2D eigenvalue weighted by Gasteiger charge is -2.25. The summed E-state index contributed by atoms with van der Waals surface area (Å²) in [7, 11) is 0. The second-order valence-corrected chi connectivity index (χ2v) is 5.00. The number of rotatable bonds is 4. The van der Waals surface area contributed by atoms with Crippen molar-refractivity contribution < 1.29 is 4.74 Å². The molecule has 4 heteroatoms. The van der Waals surface area contributed by atoms with Crippen LogP contribution in [0.15, 0.2) is 5.11 Å². The van der Waals surface area contributed by atoms with Crippen molar-refractivity contribution in [3.05, 3.63) is 10.4 Å². The van der Waals surface area contributed by atoms with Crippen molar-refractivity contribution in [2.24, 2.45) is 11.0 Å². The van der Waals surface area contributed by atoms with Crippen LogP contribution in [0.4, 0.5) is 0 Å². The maximum atomic E-state index is 8.66. The van der Waals surface area contributed by atoms with E-state index in [1.54, 1.807) is 0 Å². The lowest BCUT2D eigenvalue weighted by Crippen LogP contribution is -2.27. The van der Waals surface area contributed by atoms with E-state index in [1.165, 1.54) is 32.1 Å². The zero-order valence-electron chi connectivity index (χ0n) is 10.0. The van der Waals surface area contributed by atoms with Crippen molar-refractivity contribution in [1.82, 2.24) is 0 Å². The minimum Gasteiger partial charge on any atom is -0.374 e. The fourth-order valence-corrected chi connectivity index (χ4v) is 3.13. The van der Waals surface area contributed by atoms with Crippen molar-refractivity contribution in [2.45, 2.75) is 70.1 Å². The molecular weight excluding hydrogens is 202 g/mol. The molecule has 1 aliphatic carbocycles. The molecule has 0 unspecified atom stereocenters. The average Bonchev–Trinajstić information content (AvgIpc) is 2.66. The number of ether oxygens (including phenoxy) is 1. The SMILES string of the molecule is CCCC[C@@H]1O[C@H]2CCCC[C@@H]2[C@@H]1N=[N+]=[N-]. The molecule has 0 radical (unpaired) electrons. The zero-order valence-corrected chi connectivity index (χ0v) is 10.0. The maximum absolute atomic E-state index is 8.66. The topological polar surface area (TPSA) is 58.0 Å². The number of azide groups is 1. The lowest BCUT2D eigenvalue weighted by atomic mass is 9.82. The molecule has 1 heterocycles. The van der Waals surface area contributed by atoms with Crippen LogP contribution in [-0.2, 0) is 4.74 Å². The first kappa shape index (κ1) is 11.7. The highest BCUT2D eigenvalue weighted by atomic mass is 16.5. The number of fused-ring (bicyclic) bond motifs is 1. The van der Waals surface area contributed by atoms with Gasteiger partial charge in [-0.05, 0) is 30.7 Å². The van der Waals surface area contributed by atoms with Gasteiger partial charge in [0.1, 0.15) is 0 Å². The summed E-state index contributed by atoms with van der Waals surface area (Å²) in [6, 6.07) is 0.0989. The highest BCUT2D eigenvalue weighted by molar-refractivity contribution is 4.97. The second kappa shape index (κ2) is 5.55. The highest BCUT2D eigenvalue weighted by Crippen LogP contribution is 2.40. The molecule has 2 rings (SSSR count). The van der Waals surface area contributed by atoms with Crippen LogP contribution in [0.1, 0.15) is 51.9 Å². The Hall–Kier alpha value is -0.730. The fraction of sp³-hybridized carbons (Fsp3) is 1.00. The van der Waals surface area contributed by atoms with Crippen molar-refractivity contribution in [2.75, 3.05) is 0 Å². The Morgan fingerprint density at radius 3 is 2.94 bits per heavy atom. The van der Waals surface area contributed by atoms with Crippen molar-refractivity contribution >= 4 is 0 Å². The standard InChI is InChI=1S/C12H21N3O/c1-2-3-7-11-12(14-15-13)9-6-4-5-8-10(9)16-11/h9-12H,2-8H2,1H3/t9-,10-,11-,12-/m0/s1. The molecule has 0 aromatic heterocycles. The third-order valence-corrected chi connectivity index (χ3v) is 3.95. The van der Waals surface area contributed by atoms with Gasteiger partial charge in [-0.25, -0.2) is 0 Å². The van der Waals surface area contributed by atoms with Crippen LogP contribution >= 0.6 is 0 Å². The summed E-state index contributed by atoms with van der Waals surface area (Å²) >= 11 is 0. The van der Waals surface area contributed by atoms with Gasteiger partial charge in [0.2, 0.25) is 0 Å². The first-order chi connectivity index (χ1) is 7.86. The number of hydrogen-bond donors (Lipinski definition) is 0. The molecule has 4 atom stereocenters. The van der Waals surface area contributed by atoms with Crippen LogP contribution in [0, 0.1) is 5.92 Å². The summed E-state index contributed by atoms with van der Waals surface area (Å²) in [5, 5.41) is 4.00. The van der Waals surface area contributed by atoms with Crippen LogP contribution in [0.5, 0.6) is 0 Å². The molecule has 0 aromatic rings. The van der Waals surface area contributed by atoms with Gasteiger partial charge in [0, 0.05) is 4.91 Å². The predicted molar refractivity (Wildman–Crippen MR) is 63.1 cm³/mol. The van der Waals surface area contributed by atoms with Gasteiger partial charge < -0.3 is 4.74 Å². The van der Waals surface area contributed by atoms with Crippen LogP contribution in [-0.4, -0.2) is 18.2 Å². The molecule has 0 N–H and O–H groups in total. The molecule has 0 amide bonds. The number of hydrogen-bond acceptors (Lipinski definition) is 2. The van der Waals surface area contributed by atoms with Gasteiger partial charge in [0.25, 0.3) is 0 Å². The first-order valence-corrected chi connectivity index (χ1v) is 6.56. The predicted octanol–water partition coefficient (Wildman–Crippen LogP) is 3.81. The molecule has 0 bridgehead atoms. The van der Waals surface area contributed by atoms with Crippen LogP contribution in [0.25, 0.3) is 10.4 Å². The third kappa shape index (κ3) is 2.33. The lowest BCUT2D eigenvalue weighted by molar-refractivity contribution is 0.0138. The minimum absolute atomic E-state index is 0.0989. The van der Waals surface area contributed by atoms with E-state index in [1.807, 2.05) is 0 Å². The van der Waals surface area contributed by atoms with E-state index < -0.39 is 0 Å². The molecule has 2 fully saturated rings. The van der Waals surface area contributed by atoms with Gasteiger partial charge in [-0.15, -0.1) is 0 Å². The fourth-order valence-electron chi connectivity index (χ4n) is 3.13. The van der Waals surface area contributed by atoms with Gasteiger partial charge in [0.15, 0.2) is 0 Å². The maximum Gasteiger partial charge on any atom is 0.0689 e. The van der Waals surface area contributed by atoms with Crippen LogP contribution in [0.2, 0.25) is 0 Å². The normalized spacial score (nSPS) is 37.8. The summed E-state index contributed by atoms with van der Waals surface area (Å²) in [4.78, 5) is 3.01. The Morgan fingerprint density at radius 1 is 1.38 bits per heavy atom. The number of nitrogens with zero attached hydrogens (tertiary/aromatic N) is 3. The summed E-state index contributed by atoms with van der Waals surface area (Å²) in [6.45, 7) is 2.19. The quantitative estimate of drug-likeness (QED) is 0.406. The monoisotopic (exact) mass is 223 g/mol. The molecular formula is C12H21N3O. The molecule has 2 aliphatic rings. The molecule has 4 nitrogen and oxygen atoms in total. The summed E-state index contributed by atoms with van der Waals surface area (Å²) < 4.78 is 6.07. The smallest absolute Gasteiger partial charge is 0.0689 e. The Labute approximate surface area is 97.0 Å². The van der Waals surface area contributed by atoms with Crippen molar-refractivity contribution in [3.63, 3.8) is 0 Å². The average molecular weight is 223 g/mol. The van der Waals surface area contributed by atoms with E-state index in [9.17, 15) is 0 Å². The molecule has 0 spiro atoms. The molecule has 16 heavy (non-hydrogen) atoms. The Balaban J connectivity index is 2.03. The van der Waals surface area contributed by atoms with Gasteiger partial charge in [0.05, 0.1) is 18.2 Å². The van der Waals surface area contributed by atoms with E-state index in [4.69, 9.17) is 10.3 Å². The molecule has 90 valence electrons. The Kier molecular flexibility index (Phi) is 4.08. The zero-order chi connectivity index (χ0) is 11.4. The van der Waals surface area contributed by atoms with Crippen LogP contribution < -0.4 is 0 Å². The van der Waals surface area contributed by atoms with Crippen molar-refractivity contribution in [3.8, 4) is 0 Å². The second-order valence-electron chi connectivity index (χ2n) is 5.00. The van der Waals surface area contributed by atoms with E-state index >= 15 is 0 Å². The van der Waals surface area contributed by atoms with E-state index in [0.717, 1.165) is 12.8 Å². The third-order valence-electron chi connectivity index (χ3n) is 3.95. The Bertz CT molecular complexity index is 275. The van der Waals surface area contributed by atoms with Crippen molar-refractivity contribution in [1.29, 1.82) is 0 Å². The number of unbranched alkanes of at least 4 members (excludes halogenated alkanes) is 1. The molecule has 1 saturated carbocycles. The molecule has 1 saturated heterocycles. The largest absolute Gasteiger partial charge is 0.374 e. The van der Waals surface area contributed by atoms with Gasteiger partial charge in [-0.2, -0.15) is 0 Å². The van der Waals surface area contributed by atoms with E-state index in [-0.39, 0.29) is 12.1 Å². The van der Waals surface area contributed by atoms with Crippen LogP contribution in [0.3, 0.4) is 0 Å². The van der Waals surface area contributed by atoms with Gasteiger partial charge >= 0.3 is 0 Å². The van der Waals surface area contributed by atoms with Gasteiger partial charge in [-0.3, -0.25) is 0 Å². The molecule has 1 aliphatic heterocycles. The van der Waals surface area contributed by atoms with E-state index in [0.29, 0.717) is 12.0 Å². The summed E-state index contributed by atoms with van der Waals surface area (Å²) in [5.41, 5.74) is 8.66. The molecule has 0 aromatic carbocycles. The van der Waals surface area contributed by atoms with E-state index in [2.05, 4.69) is 16.9 Å².